The van der Waals surface area contributed by atoms with Gasteiger partial charge in [0, 0.05) is 0 Å². The highest BCUT2D eigenvalue weighted by molar-refractivity contribution is 5.79. The van der Waals surface area contributed by atoms with Crippen molar-refractivity contribution in [3.8, 4) is 0 Å². The third-order valence-electron chi connectivity index (χ3n) is 4.20. The lowest BCUT2D eigenvalue weighted by atomic mass is 9.99. The molecular weight excluding hydrogens is 200 g/mol. The fourth-order valence-corrected chi connectivity index (χ4v) is 3.02. The molecule has 1 saturated heterocycles. The summed E-state index contributed by atoms with van der Waals surface area (Å²) in [4.78, 5) is 11.8. The van der Waals surface area contributed by atoms with Crippen molar-refractivity contribution in [1.29, 1.82) is 0 Å². The highest BCUT2D eigenvalue weighted by Crippen LogP contribution is 2.64. The summed E-state index contributed by atoms with van der Waals surface area (Å²) in [5.41, 5.74) is 1.28. The van der Waals surface area contributed by atoms with Crippen molar-refractivity contribution in [3.05, 3.63) is 35.9 Å². The van der Waals surface area contributed by atoms with E-state index in [1.165, 1.54) is 0 Å². The van der Waals surface area contributed by atoms with Gasteiger partial charge in [0.15, 0.2) is 0 Å². The number of cyclic esters (lactones) is 1. The number of ether oxygens (including phenoxy) is 1. The molecule has 0 aromatic heterocycles. The van der Waals surface area contributed by atoms with Crippen molar-refractivity contribution in [2.24, 2.45) is 17.3 Å². The third-order valence-corrected chi connectivity index (χ3v) is 4.20. The Labute approximate surface area is 95.6 Å². The molecule has 3 rings (SSSR count). The van der Waals surface area contributed by atoms with Gasteiger partial charge in [-0.3, -0.25) is 4.79 Å². The van der Waals surface area contributed by atoms with Crippen LogP contribution in [0.25, 0.3) is 0 Å². The largest absolute Gasteiger partial charge is 0.457 e. The van der Waals surface area contributed by atoms with Gasteiger partial charge in [-0.1, -0.05) is 44.2 Å². The van der Waals surface area contributed by atoms with Gasteiger partial charge < -0.3 is 4.74 Å². The van der Waals surface area contributed by atoms with Crippen molar-refractivity contribution >= 4 is 5.97 Å². The zero-order chi connectivity index (χ0) is 11.3. The van der Waals surface area contributed by atoms with E-state index >= 15 is 0 Å². The summed E-state index contributed by atoms with van der Waals surface area (Å²) < 4.78 is 5.52. The number of rotatable bonds is 1. The molecule has 1 aliphatic heterocycles. The van der Waals surface area contributed by atoms with Gasteiger partial charge in [0.05, 0.1) is 5.92 Å². The van der Waals surface area contributed by atoms with Crippen LogP contribution in [0.4, 0.5) is 0 Å². The molecule has 0 spiro atoms. The first-order valence-electron chi connectivity index (χ1n) is 5.86. The summed E-state index contributed by atoms with van der Waals surface area (Å²) in [6.45, 7) is 4.33. The van der Waals surface area contributed by atoms with Gasteiger partial charge in [0.25, 0.3) is 0 Å². The maximum Gasteiger partial charge on any atom is 0.310 e. The quantitative estimate of drug-likeness (QED) is 0.675. The summed E-state index contributed by atoms with van der Waals surface area (Å²) in [7, 11) is 0. The Morgan fingerprint density at radius 2 is 1.94 bits per heavy atom. The van der Waals surface area contributed by atoms with E-state index in [0.29, 0.717) is 5.92 Å². The van der Waals surface area contributed by atoms with E-state index in [9.17, 15) is 4.79 Å². The molecule has 1 aromatic rings. The molecule has 1 aliphatic carbocycles. The third kappa shape index (κ3) is 1.29. The minimum Gasteiger partial charge on any atom is -0.457 e. The number of carbonyl (C=O) groups excluding carboxylic acids is 1. The van der Waals surface area contributed by atoms with E-state index in [1.54, 1.807) is 0 Å². The van der Waals surface area contributed by atoms with E-state index in [4.69, 9.17) is 4.74 Å². The second kappa shape index (κ2) is 3.09. The molecule has 3 atom stereocenters. The van der Waals surface area contributed by atoms with Gasteiger partial charge in [-0.05, 0) is 23.3 Å². The predicted octanol–water partition coefficient (Wildman–Crippen LogP) is 2.95. The number of hydrogen-bond donors (Lipinski definition) is 0. The predicted molar refractivity (Wildman–Crippen MR) is 60.7 cm³/mol. The van der Waals surface area contributed by atoms with Gasteiger partial charge in [0.2, 0.25) is 0 Å². The maximum absolute atomic E-state index is 11.8. The number of esters is 1. The fourth-order valence-electron chi connectivity index (χ4n) is 3.02. The topological polar surface area (TPSA) is 26.3 Å². The number of benzene rings is 1. The number of carbonyl (C=O) groups is 1. The summed E-state index contributed by atoms with van der Waals surface area (Å²) in [5.74, 6) is 0.654. The molecule has 0 radical (unpaired) electrons. The highest BCUT2D eigenvalue weighted by Gasteiger charge is 2.65. The lowest BCUT2D eigenvalue weighted by Crippen LogP contribution is -2.19. The van der Waals surface area contributed by atoms with Gasteiger partial charge in [0.1, 0.15) is 6.10 Å². The molecular formula is C14H16O2. The number of hydrogen-bond acceptors (Lipinski definition) is 2. The Balaban J connectivity index is 1.84. The SMILES string of the molecule is CC1(C)C2CC(c3ccccc3)OC(=O)C21. The zero-order valence-electron chi connectivity index (χ0n) is 9.64. The molecule has 2 fully saturated rings. The molecule has 84 valence electrons. The van der Waals surface area contributed by atoms with Crippen molar-refractivity contribution < 1.29 is 9.53 Å². The molecule has 3 unspecified atom stereocenters. The second-order valence-corrected chi connectivity index (χ2v) is 5.48. The maximum atomic E-state index is 11.8. The molecule has 2 aliphatic rings. The summed E-state index contributed by atoms with van der Waals surface area (Å²) in [5, 5.41) is 0. The Morgan fingerprint density at radius 1 is 1.25 bits per heavy atom. The second-order valence-electron chi connectivity index (χ2n) is 5.48. The van der Waals surface area contributed by atoms with Gasteiger partial charge in [-0.25, -0.2) is 0 Å². The van der Waals surface area contributed by atoms with E-state index in [2.05, 4.69) is 13.8 Å². The van der Waals surface area contributed by atoms with Crippen LogP contribution in [-0.2, 0) is 9.53 Å². The standard InChI is InChI=1S/C14H16O2/c1-14(2)10-8-11(16-13(15)12(10)14)9-6-4-3-5-7-9/h3-7,10-12H,8H2,1-2H3. The van der Waals surface area contributed by atoms with Crippen LogP contribution in [0.3, 0.4) is 0 Å². The fraction of sp³-hybridized carbons (Fsp3) is 0.500. The van der Waals surface area contributed by atoms with E-state index in [1.807, 2.05) is 30.3 Å². The summed E-state index contributed by atoms with van der Waals surface area (Å²) in [6, 6.07) is 10.0. The van der Waals surface area contributed by atoms with Crippen LogP contribution in [-0.4, -0.2) is 5.97 Å². The minimum absolute atomic E-state index is 0.00453. The molecule has 1 saturated carbocycles. The van der Waals surface area contributed by atoms with Crippen LogP contribution in [0.15, 0.2) is 30.3 Å². The van der Waals surface area contributed by atoms with E-state index < -0.39 is 0 Å². The Morgan fingerprint density at radius 3 is 2.56 bits per heavy atom. The van der Waals surface area contributed by atoms with Crippen molar-refractivity contribution in [3.63, 3.8) is 0 Å². The zero-order valence-corrected chi connectivity index (χ0v) is 9.64. The smallest absolute Gasteiger partial charge is 0.310 e. The molecule has 0 amide bonds. The van der Waals surface area contributed by atoms with Crippen molar-refractivity contribution in [2.75, 3.05) is 0 Å². The monoisotopic (exact) mass is 216 g/mol. The summed E-state index contributed by atoms with van der Waals surface area (Å²) >= 11 is 0. The normalized spacial score (nSPS) is 35.1. The van der Waals surface area contributed by atoms with Crippen molar-refractivity contribution in [1.82, 2.24) is 0 Å². The van der Waals surface area contributed by atoms with Gasteiger partial charge >= 0.3 is 5.97 Å². The van der Waals surface area contributed by atoms with E-state index in [0.717, 1.165) is 12.0 Å². The first-order chi connectivity index (χ1) is 7.60. The van der Waals surface area contributed by atoms with E-state index in [-0.39, 0.29) is 23.4 Å². The lowest BCUT2D eigenvalue weighted by molar-refractivity contribution is -0.156. The Kier molecular flexibility index (Phi) is 1.91. The van der Waals surface area contributed by atoms with Gasteiger partial charge in [-0.2, -0.15) is 0 Å². The molecule has 2 nitrogen and oxygen atoms in total. The van der Waals surface area contributed by atoms with Crippen LogP contribution >= 0.6 is 0 Å². The first-order valence-corrected chi connectivity index (χ1v) is 5.86. The molecule has 1 heterocycles. The average molecular weight is 216 g/mol. The molecule has 2 heteroatoms. The highest BCUT2D eigenvalue weighted by atomic mass is 16.5. The Bertz CT molecular complexity index is 422. The lowest BCUT2D eigenvalue weighted by Gasteiger charge is -2.21. The van der Waals surface area contributed by atoms with Crippen LogP contribution in [0, 0.1) is 17.3 Å². The van der Waals surface area contributed by atoms with Crippen LogP contribution in [0.1, 0.15) is 31.9 Å². The van der Waals surface area contributed by atoms with Crippen LogP contribution in [0.2, 0.25) is 0 Å². The molecule has 0 bridgehead atoms. The average Bonchev–Trinajstić information content (AvgIpc) is 2.83. The summed E-state index contributed by atoms with van der Waals surface area (Å²) in [6.07, 6.45) is 0.949. The Hall–Kier alpha value is -1.31. The molecule has 1 aromatic carbocycles. The van der Waals surface area contributed by atoms with Gasteiger partial charge in [-0.15, -0.1) is 0 Å². The first kappa shape index (κ1) is 9.88. The van der Waals surface area contributed by atoms with Crippen molar-refractivity contribution in [2.45, 2.75) is 26.4 Å². The van der Waals surface area contributed by atoms with Crippen LogP contribution in [0.5, 0.6) is 0 Å². The minimum atomic E-state index is -0.0308. The number of fused-ring (bicyclic) bond motifs is 1. The molecule has 16 heavy (non-hydrogen) atoms. The van der Waals surface area contributed by atoms with Crippen LogP contribution < -0.4 is 0 Å². The molecule has 0 N–H and O–H groups in total.